The number of carbonyl (C=O) groups is 1. The maximum absolute atomic E-state index is 12.0. The first-order valence-corrected chi connectivity index (χ1v) is 14.7. The molecular weight excluding hydrogens is 394 g/mol. The zero-order valence-corrected chi connectivity index (χ0v) is 19.4. The summed E-state index contributed by atoms with van der Waals surface area (Å²) in [4.78, 5) is 18.0. The van der Waals surface area contributed by atoms with Crippen LogP contribution in [0.25, 0.3) is 21.6 Å². The van der Waals surface area contributed by atoms with E-state index in [1.54, 1.807) is 11.3 Å². The van der Waals surface area contributed by atoms with Crippen LogP contribution in [-0.2, 0) is 12.8 Å². The number of rotatable bonds is 5. The molecule has 1 aromatic carbocycles. The average Bonchev–Trinajstić information content (AvgIpc) is 3.07. The Bertz CT molecular complexity index is 1070. The molecule has 0 atom stereocenters. The summed E-state index contributed by atoms with van der Waals surface area (Å²) in [5, 5.41) is 2.11. The fourth-order valence-electron chi connectivity index (χ4n) is 3.80. The van der Waals surface area contributed by atoms with Crippen molar-refractivity contribution in [3.05, 3.63) is 58.2 Å². The third kappa shape index (κ3) is 4.21. The van der Waals surface area contributed by atoms with Crippen LogP contribution < -0.4 is 4.74 Å². The second-order valence-electron chi connectivity index (χ2n) is 8.92. The standard InChI is InChI=1S/C24H27NO2SSi/c1-16-20(6-5-19(25-16)9-12-29(2,3)4)21-14-23-22(13-18(21)15-26)24-17(7-10-27-23)8-11-28-24/h5-6,8,11,13-15H,7,9-10,12H2,1-4H3. The number of ether oxygens (including phenoxy) is 1. The van der Waals surface area contributed by atoms with Crippen LogP contribution in [0.2, 0.25) is 25.7 Å². The van der Waals surface area contributed by atoms with Crippen molar-refractivity contribution in [2.24, 2.45) is 0 Å². The third-order valence-electron chi connectivity index (χ3n) is 5.46. The summed E-state index contributed by atoms with van der Waals surface area (Å²) >= 11 is 1.71. The molecule has 1 aliphatic heterocycles. The monoisotopic (exact) mass is 421 g/mol. The van der Waals surface area contributed by atoms with Gasteiger partial charge in [-0.1, -0.05) is 31.8 Å². The lowest BCUT2D eigenvalue weighted by Crippen LogP contribution is -2.20. The average molecular weight is 422 g/mol. The van der Waals surface area contributed by atoms with E-state index in [4.69, 9.17) is 9.72 Å². The molecule has 29 heavy (non-hydrogen) atoms. The van der Waals surface area contributed by atoms with E-state index >= 15 is 0 Å². The number of benzene rings is 1. The molecule has 0 bridgehead atoms. The first-order valence-electron chi connectivity index (χ1n) is 10.2. The molecule has 150 valence electrons. The van der Waals surface area contributed by atoms with Crippen molar-refractivity contribution in [1.82, 2.24) is 4.98 Å². The van der Waals surface area contributed by atoms with Gasteiger partial charge in [0.15, 0.2) is 6.29 Å². The number of fused-ring (bicyclic) bond motifs is 3. The van der Waals surface area contributed by atoms with Gasteiger partial charge >= 0.3 is 0 Å². The number of aldehydes is 1. The van der Waals surface area contributed by atoms with Crippen LogP contribution in [0.3, 0.4) is 0 Å². The molecule has 3 heterocycles. The molecule has 3 nitrogen and oxygen atoms in total. The molecule has 0 saturated carbocycles. The Morgan fingerprint density at radius 3 is 2.69 bits per heavy atom. The number of hydrogen-bond acceptors (Lipinski definition) is 4. The maximum atomic E-state index is 12.0. The summed E-state index contributed by atoms with van der Waals surface area (Å²) in [5.41, 5.74) is 7.01. The molecule has 0 spiro atoms. The second-order valence-corrected chi connectivity index (χ2v) is 15.5. The number of hydrogen-bond donors (Lipinski definition) is 0. The summed E-state index contributed by atoms with van der Waals surface area (Å²) in [7, 11) is -1.10. The molecule has 0 N–H and O–H groups in total. The molecular formula is C24H27NO2SSi. The predicted molar refractivity (Wildman–Crippen MR) is 124 cm³/mol. The van der Waals surface area contributed by atoms with E-state index in [0.717, 1.165) is 53.0 Å². The van der Waals surface area contributed by atoms with Gasteiger partial charge in [-0.3, -0.25) is 9.78 Å². The van der Waals surface area contributed by atoms with Crippen LogP contribution >= 0.6 is 11.3 Å². The molecule has 0 unspecified atom stereocenters. The first kappa shape index (κ1) is 20.0. The van der Waals surface area contributed by atoms with Crippen LogP contribution in [-0.4, -0.2) is 26.0 Å². The summed E-state index contributed by atoms with van der Waals surface area (Å²) in [6.45, 7) is 9.85. The number of aromatic nitrogens is 1. The van der Waals surface area contributed by atoms with Crippen LogP contribution in [0.1, 0.15) is 27.3 Å². The van der Waals surface area contributed by atoms with Gasteiger partial charge in [-0.05, 0) is 54.1 Å². The number of thiophene rings is 1. The zero-order valence-electron chi connectivity index (χ0n) is 17.5. The molecule has 4 rings (SSSR count). The molecule has 2 aromatic heterocycles. The van der Waals surface area contributed by atoms with Crippen molar-refractivity contribution >= 4 is 25.7 Å². The minimum atomic E-state index is -1.10. The van der Waals surface area contributed by atoms with Gasteiger partial charge in [-0.25, -0.2) is 0 Å². The van der Waals surface area contributed by atoms with Crippen LogP contribution in [0.15, 0.2) is 35.7 Å². The lowest BCUT2D eigenvalue weighted by molar-refractivity contribution is 0.112. The highest BCUT2D eigenvalue weighted by Crippen LogP contribution is 2.42. The fourth-order valence-corrected chi connectivity index (χ4v) is 5.79. The Kier molecular flexibility index (Phi) is 5.45. The molecule has 3 aromatic rings. The molecule has 0 amide bonds. The Morgan fingerprint density at radius 1 is 1.14 bits per heavy atom. The van der Waals surface area contributed by atoms with E-state index in [1.807, 2.05) is 19.1 Å². The molecule has 0 radical (unpaired) electrons. The highest BCUT2D eigenvalue weighted by atomic mass is 32.1. The van der Waals surface area contributed by atoms with Crippen molar-refractivity contribution < 1.29 is 9.53 Å². The number of pyridine rings is 1. The van der Waals surface area contributed by atoms with Gasteiger partial charge in [0.05, 0.1) is 6.61 Å². The molecule has 0 saturated heterocycles. The van der Waals surface area contributed by atoms with Gasteiger partial charge in [-0.15, -0.1) is 11.3 Å². The third-order valence-corrected chi connectivity index (χ3v) is 8.20. The van der Waals surface area contributed by atoms with Crippen molar-refractivity contribution in [2.75, 3.05) is 6.61 Å². The zero-order chi connectivity index (χ0) is 20.6. The van der Waals surface area contributed by atoms with Gasteiger partial charge in [0.2, 0.25) is 0 Å². The Hall–Kier alpha value is -2.24. The lowest BCUT2D eigenvalue weighted by atomic mass is 9.95. The quantitative estimate of drug-likeness (QED) is 0.353. The van der Waals surface area contributed by atoms with E-state index in [0.29, 0.717) is 12.2 Å². The van der Waals surface area contributed by atoms with Gasteiger partial charge in [0.25, 0.3) is 0 Å². The van der Waals surface area contributed by atoms with Gasteiger partial charge < -0.3 is 4.74 Å². The highest BCUT2D eigenvalue weighted by molar-refractivity contribution is 7.13. The number of nitrogens with zero attached hydrogens (tertiary/aromatic N) is 1. The Balaban J connectivity index is 1.74. The summed E-state index contributed by atoms with van der Waals surface area (Å²) < 4.78 is 6.07. The van der Waals surface area contributed by atoms with E-state index in [1.165, 1.54) is 16.5 Å². The van der Waals surface area contributed by atoms with Crippen molar-refractivity contribution in [2.45, 2.75) is 45.5 Å². The highest BCUT2D eigenvalue weighted by Gasteiger charge is 2.21. The topological polar surface area (TPSA) is 39.2 Å². The van der Waals surface area contributed by atoms with Crippen LogP contribution in [0.4, 0.5) is 0 Å². The lowest BCUT2D eigenvalue weighted by Gasteiger charge is -2.17. The largest absolute Gasteiger partial charge is 0.493 e. The van der Waals surface area contributed by atoms with E-state index < -0.39 is 8.07 Å². The minimum absolute atomic E-state index is 0.656. The molecule has 5 heteroatoms. The van der Waals surface area contributed by atoms with Crippen molar-refractivity contribution in [3.63, 3.8) is 0 Å². The van der Waals surface area contributed by atoms with Crippen LogP contribution in [0, 0.1) is 6.92 Å². The molecule has 0 aliphatic carbocycles. The maximum Gasteiger partial charge on any atom is 0.150 e. The SMILES string of the molecule is Cc1nc(CC[Si](C)(C)C)ccc1-c1cc2c(cc1C=O)-c1sccc1CCO2. The fraction of sp³-hybridized carbons (Fsp3) is 0.333. The van der Waals surface area contributed by atoms with E-state index in [9.17, 15) is 4.79 Å². The van der Waals surface area contributed by atoms with Crippen molar-refractivity contribution in [3.8, 4) is 27.3 Å². The number of aryl methyl sites for hydroxylation is 2. The Morgan fingerprint density at radius 2 is 1.97 bits per heavy atom. The van der Waals surface area contributed by atoms with Crippen molar-refractivity contribution in [1.29, 1.82) is 0 Å². The predicted octanol–water partition coefficient (Wildman–Crippen LogP) is 6.41. The summed E-state index contributed by atoms with van der Waals surface area (Å²) in [5.74, 6) is 0.856. The Labute approximate surface area is 177 Å². The smallest absolute Gasteiger partial charge is 0.150 e. The summed E-state index contributed by atoms with van der Waals surface area (Å²) in [6.07, 6.45) is 2.86. The minimum Gasteiger partial charge on any atom is -0.493 e. The van der Waals surface area contributed by atoms with E-state index in [2.05, 4.69) is 43.2 Å². The van der Waals surface area contributed by atoms with Crippen LogP contribution in [0.5, 0.6) is 5.75 Å². The van der Waals surface area contributed by atoms with E-state index in [-0.39, 0.29) is 0 Å². The number of carbonyl (C=O) groups excluding carboxylic acids is 1. The summed E-state index contributed by atoms with van der Waals surface area (Å²) in [6, 6.07) is 11.6. The van der Waals surface area contributed by atoms with Gasteiger partial charge in [0, 0.05) is 47.5 Å². The second kappa shape index (κ2) is 7.88. The molecule has 1 aliphatic rings. The normalized spacial score (nSPS) is 13.2. The van der Waals surface area contributed by atoms with Gasteiger partial charge in [0.1, 0.15) is 5.75 Å². The first-order chi connectivity index (χ1) is 13.9. The molecule has 0 fully saturated rings. The van der Waals surface area contributed by atoms with Gasteiger partial charge in [-0.2, -0.15) is 0 Å².